The van der Waals surface area contributed by atoms with E-state index in [0.717, 1.165) is 5.69 Å². The second-order valence-electron chi connectivity index (χ2n) is 8.26. The van der Waals surface area contributed by atoms with Gasteiger partial charge in [0.2, 0.25) is 5.91 Å². The molecule has 3 heterocycles. The number of pyridine rings is 1. The first-order chi connectivity index (χ1) is 18.9. The molecule has 39 heavy (non-hydrogen) atoms. The molecule has 0 fully saturated rings. The van der Waals surface area contributed by atoms with Crippen LogP contribution in [0, 0.1) is 5.82 Å². The number of nitrogens with one attached hydrogen (secondary N) is 2. The zero-order valence-corrected chi connectivity index (χ0v) is 21.8. The summed E-state index contributed by atoms with van der Waals surface area (Å²) in [4.78, 5) is 28.8. The van der Waals surface area contributed by atoms with Crippen LogP contribution in [0.15, 0.2) is 55.1 Å². The van der Waals surface area contributed by atoms with Crippen molar-refractivity contribution in [2.75, 3.05) is 19.0 Å². The van der Waals surface area contributed by atoms with Gasteiger partial charge in [-0.25, -0.2) is 14.2 Å². The van der Waals surface area contributed by atoms with Crippen LogP contribution in [0.25, 0.3) is 11.8 Å². The molecule has 202 valence electrons. The lowest BCUT2D eigenvalue weighted by Crippen LogP contribution is -2.40. The highest BCUT2D eigenvalue weighted by Gasteiger charge is 2.16. The maximum atomic E-state index is 14.8. The van der Waals surface area contributed by atoms with Crippen LogP contribution in [0.5, 0.6) is 0 Å². The van der Waals surface area contributed by atoms with Crippen molar-refractivity contribution in [3.8, 4) is 5.69 Å². The number of aryl methyl sites for hydroxylation is 1. The summed E-state index contributed by atoms with van der Waals surface area (Å²) >= 11 is 5.97. The van der Waals surface area contributed by atoms with Crippen molar-refractivity contribution in [3.05, 3.63) is 82.8 Å². The van der Waals surface area contributed by atoms with Crippen LogP contribution in [0.2, 0.25) is 5.02 Å². The lowest BCUT2D eigenvalue weighted by molar-refractivity contribution is -0.117. The SMILES string of the molecule is CCn1ccc(C[C@@H](CNc2ccc(C(=O)OC)cn2)NC(=O)/C=C/c2c(-n3cnnn3)ccc(Cl)c2F)n1. The van der Waals surface area contributed by atoms with Crippen molar-refractivity contribution in [2.24, 2.45) is 0 Å². The Hall–Kier alpha value is -4.65. The minimum absolute atomic E-state index is 0.0520. The molecule has 4 rings (SSSR count). The van der Waals surface area contributed by atoms with Crippen molar-refractivity contribution >= 4 is 35.4 Å². The molecule has 0 saturated carbocycles. The van der Waals surface area contributed by atoms with Crippen LogP contribution >= 0.6 is 11.6 Å². The van der Waals surface area contributed by atoms with Crippen molar-refractivity contribution < 1.29 is 18.7 Å². The Morgan fingerprint density at radius 2 is 2.08 bits per heavy atom. The summed E-state index contributed by atoms with van der Waals surface area (Å²) < 4.78 is 22.6. The van der Waals surface area contributed by atoms with Crippen LogP contribution < -0.4 is 10.6 Å². The van der Waals surface area contributed by atoms with Crippen LogP contribution in [-0.2, 0) is 22.5 Å². The molecule has 0 spiro atoms. The molecule has 1 amide bonds. The molecule has 0 aliphatic heterocycles. The Morgan fingerprint density at radius 1 is 1.23 bits per heavy atom. The summed E-state index contributed by atoms with van der Waals surface area (Å²) in [6, 6.07) is 7.62. The normalized spacial score (nSPS) is 11.9. The topological polar surface area (TPSA) is 142 Å². The zero-order chi connectivity index (χ0) is 27.8. The van der Waals surface area contributed by atoms with Gasteiger partial charge in [0.25, 0.3) is 0 Å². The van der Waals surface area contributed by atoms with E-state index < -0.39 is 23.7 Å². The first-order valence-electron chi connectivity index (χ1n) is 11.9. The second-order valence-corrected chi connectivity index (χ2v) is 8.67. The first-order valence-corrected chi connectivity index (χ1v) is 12.3. The molecule has 4 aromatic rings. The van der Waals surface area contributed by atoms with Crippen molar-refractivity contribution in [2.45, 2.75) is 25.9 Å². The molecule has 14 heteroatoms. The molecule has 0 bridgehead atoms. The predicted octanol–water partition coefficient (Wildman–Crippen LogP) is 2.71. The van der Waals surface area contributed by atoms with E-state index in [1.165, 1.54) is 42.5 Å². The number of esters is 1. The fourth-order valence-electron chi connectivity index (χ4n) is 3.67. The Morgan fingerprint density at radius 3 is 2.74 bits per heavy atom. The zero-order valence-electron chi connectivity index (χ0n) is 21.1. The van der Waals surface area contributed by atoms with E-state index in [9.17, 15) is 14.0 Å². The van der Waals surface area contributed by atoms with Crippen molar-refractivity contribution in [1.29, 1.82) is 0 Å². The van der Waals surface area contributed by atoms with Gasteiger partial charge < -0.3 is 15.4 Å². The van der Waals surface area contributed by atoms with Crippen molar-refractivity contribution in [1.82, 2.24) is 40.3 Å². The van der Waals surface area contributed by atoms with Gasteiger partial charge in [0.15, 0.2) is 5.82 Å². The summed E-state index contributed by atoms with van der Waals surface area (Å²) in [6.07, 6.45) is 7.51. The lowest BCUT2D eigenvalue weighted by atomic mass is 10.1. The van der Waals surface area contributed by atoms with Gasteiger partial charge in [0.1, 0.15) is 12.1 Å². The van der Waals surface area contributed by atoms with Gasteiger partial charge in [-0.05, 0) is 53.8 Å². The van der Waals surface area contributed by atoms with E-state index in [1.807, 2.05) is 19.2 Å². The van der Waals surface area contributed by atoms with Gasteiger partial charge in [-0.15, -0.1) is 5.10 Å². The Labute approximate surface area is 227 Å². The highest BCUT2D eigenvalue weighted by atomic mass is 35.5. The number of amides is 1. The number of halogens is 2. The third-order valence-corrected chi connectivity index (χ3v) is 5.93. The molecule has 12 nitrogen and oxygen atoms in total. The number of carbonyl (C=O) groups is 2. The van der Waals surface area contributed by atoms with Crippen LogP contribution in [0.1, 0.15) is 28.5 Å². The van der Waals surface area contributed by atoms with E-state index in [1.54, 1.807) is 22.9 Å². The second kappa shape index (κ2) is 12.7. The fourth-order valence-corrected chi connectivity index (χ4v) is 3.84. The highest BCUT2D eigenvalue weighted by molar-refractivity contribution is 6.31. The smallest absolute Gasteiger partial charge is 0.339 e. The third kappa shape index (κ3) is 7.02. The summed E-state index contributed by atoms with van der Waals surface area (Å²) in [5.41, 5.74) is 1.47. The number of benzene rings is 1. The third-order valence-electron chi connectivity index (χ3n) is 5.64. The monoisotopic (exact) mass is 553 g/mol. The number of nitrogens with zero attached hydrogens (tertiary/aromatic N) is 7. The molecular formula is C25H25ClFN9O3. The molecule has 3 aromatic heterocycles. The Bertz CT molecular complexity index is 1460. The molecule has 0 aliphatic rings. The number of ether oxygens (including phenoxy) is 1. The van der Waals surface area contributed by atoms with Gasteiger partial charge >= 0.3 is 5.97 Å². The fraction of sp³-hybridized carbons (Fsp3) is 0.240. The Balaban J connectivity index is 1.49. The van der Waals surface area contributed by atoms with Gasteiger partial charge in [-0.2, -0.15) is 9.78 Å². The van der Waals surface area contributed by atoms with Gasteiger partial charge in [-0.3, -0.25) is 9.48 Å². The first kappa shape index (κ1) is 27.4. The molecule has 0 unspecified atom stereocenters. The molecule has 0 aliphatic carbocycles. The number of hydrogen-bond donors (Lipinski definition) is 2. The van der Waals surface area contributed by atoms with E-state index >= 15 is 0 Å². The number of methoxy groups -OCH3 is 1. The number of rotatable bonds is 11. The summed E-state index contributed by atoms with van der Waals surface area (Å²) in [5.74, 6) is -1.16. The van der Waals surface area contributed by atoms with Crippen LogP contribution in [0.3, 0.4) is 0 Å². The summed E-state index contributed by atoms with van der Waals surface area (Å²) in [5, 5.41) is 21.4. The average molecular weight is 554 g/mol. The Kier molecular flexibility index (Phi) is 8.94. The number of tetrazole rings is 1. The quantitative estimate of drug-likeness (QED) is 0.212. The molecular weight excluding hydrogens is 529 g/mol. The standard InChI is InChI=1S/C25H25ClFN9O3/c1-3-35-11-10-17(32-35)12-18(14-29-22-8-4-16(13-28-22)25(38)39-2)31-23(37)9-5-19-21(36-15-30-33-34-36)7-6-20(26)24(19)27/h4-11,13,15,18H,3,12,14H2,1-2H3,(H,28,29)(H,31,37)/b9-5+/t18-/m0/s1. The van der Waals surface area contributed by atoms with E-state index in [4.69, 9.17) is 11.6 Å². The number of hydrogen-bond acceptors (Lipinski definition) is 9. The lowest BCUT2D eigenvalue weighted by Gasteiger charge is -2.18. The maximum Gasteiger partial charge on any atom is 0.339 e. The van der Waals surface area contributed by atoms with Gasteiger partial charge in [0.05, 0.1) is 35.1 Å². The van der Waals surface area contributed by atoms with Gasteiger partial charge in [0, 0.05) is 43.5 Å². The minimum atomic E-state index is -0.710. The molecule has 2 N–H and O–H groups in total. The van der Waals surface area contributed by atoms with Crippen LogP contribution in [-0.4, -0.2) is 66.5 Å². The number of aromatic nitrogens is 7. The number of anilines is 1. The molecule has 1 atom stereocenters. The van der Waals surface area contributed by atoms with E-state index in [2.05, 4.69) is 41.0 Å². The maximum absolute atomic E-state index is 14.8. The largest absolute Gasteiger partial charge is 0.465 e. The van der Waals surface area contributed by atoms with Gasteiger partial charge in [-0.1, -0.05) is 11.6 Å². The predicted molar refractivity (Wildman–Crippen MR) is 141 cm³/mol. The summed E-state index contributed by atoms with van der Waals surface area (Å²) in [7, 11) is 1.30. The molecule has 0 radical (unpaired) electrons. The molecule has 0 saturated heterocycles. The minimum Gasteiger partial charge on any atom is -0.465 e. The molecule has 1 aromatic carbocycles. The average Bonchev–Trinajstić information content (AvgIpc) is 3.65. The number of carbonyl (C=O) groups excluding carboxylic acids is 2. The van der Waals surface area contributed by atoms with E-state index in [-0.39, 0.29) is 10.6 Å². The highest BCUT2D eigenvalue weighted by Crippen LogP contribution is 2.25. The summed E-state index contributed by atoms with van der Waals surface area (Å²) in [6.45, 7) is 2.98. The van der Waals surface area contributed by atoms with E-state index in [0.29, 0.717) is 36.6 Å². The van der Waals surface area contributed by atoms with Crippen LogP contribution in [0.4, 0.5) is 10.2 Å². The van der Waals surface area contributed by atoms with Crippen molar-refractivity contribution in [3.63, 3.8) is 0 Å².